The van der Waals surface area contributed by atoms with E-state index >= 15 is 0 Å². The van der Waals surface area contributed by atoms with Crippen LogP contribution in [0.15, 0.2) is 75.7 Å². The van der Waals surface area contributed by atoms with Gasteiger partial charge in [0.2, 0.25) is 4.80 Å². The minimum atomic E-state index is 0.497. The van der Waals surface area contributed by atoms with Gasteiger partial charge in [-0.15, -0.1) is 22.7 Å². The minimum absolute atomic E-state index is 0.497. The van der Waals surface area contributed by atoms with Gasteiger partial charge in [0.25, 0.3) is 0 Å². The van der Waals surface area contributed by atoms with E-state index in [0.717, 1.165) is 16.1 Å². The summed E-state index contributed by atoms with van der Waals surface area (Å²) in [6, 6.07) is 13.1. The lowest BCUT2D eigenvalue weighted by molar-refractivity contribution is 0.856. The van der Waals surface area contributed by atoms with E-state index in [1.807, 2.05) is 33.6 Å². The van der Waals surface area contributed by atoms with Gasteiger partial charge in [0, 0.05) is 28.4 Å². The number of thiophene rings is 1. The van der Waals surface area contributed by atoms with E-state index in [9.17, 15) is 0 Å². The Morgan fingerprint density at radius 1 is 1.07 bits per heavy atom. The van der Waals surface area contributed by atoms with Gasteiger partial charge in [-0.2, -0.15) is 5.10 Å². The molecular weight excluding hydrogens is 419 g/mol. The quantitative estimate of drug-likeness (QED) is 0.360. The van der Waals surface area contributed by atoms with Crippen molar-refractivity contribution in [1.29, 1.82) is 0 Å². The fourth-order valence-electron chi connectivity index (χ4n) is 2.34. The fraction of sp³-hybridized carbons (Fsp3) is 0. The molecule has 4 nitrogen and oxygen atoms in total. The normalized spacial score (nSPS) is 12.1. The topological polar surface area (TPSA) is 42.5 Å². The highest BCUT2D eigenvalue weighted by atomic mass is 35.5. The number of hydrogen-bond acceptors (Lipinski definition) is 5. The molecule has 134 valence electrons. The summed E-state index contributed by atoms with van der Waals surface area (Å²) in [6.07, 6.45) is 5.25. The van der Waals surface area contributed by atoms with Gasteiger partial charge < -0.3 is 0 Å². The molecule has 0 spiro atoms. The van der Waals surface area contributed by atoms with Crippen LogP contribution in [0.25, 0.3) is 10.6 Å². The molecule has 3 aromatic heterocycles. The summed E-state index contributed by atoms with van der Waals surface area (Å²) in [6.45, 7) is 0. The van der Waals surface area contributed by atoms with E-state index in [2.05, 4.69) is 16.2 Å². The lowest BCUT2D eigenvalue weighted by atomic mass is 10.3. The predicted molar refractivity (Wildman–Crippen MR) is 115 cm³/mol. The van der Waals surface area contributed by atoms with E-state index in [1.54, 1.807) is 48.1 Å². The molecule has 27 heavy (non-hydrogen) atoms. The Bertz CT molecular complexity index is 1150. The van der Waals surface area contributed by atoms with Crippen molar-refractivity contribution in [1.82, 2.24) is 9.66 Å². The number of benzene rings is 1. The first kappa shape index (κ1) is 18.1. The van der Waals surface area contributed by atoms with Crippen molar-refractivity contribution in [2.45, 2.75) is 0 Å². The van der Waals surface area contributed by atoms with Crippen LogP contribution in [0, 0.1) is 0 Å². The summed E-state index contributed by atoms with van der Waals surface area (Å²) in [7, 11) is 0. The van der Waals surface area contributed by atoms with Crippen LogP contribution < -0.4 is 4.80 Å². The smallest absolute Gasteiger partial charge is 0.211 e. The maximum atomic E-state index is 6.28. The maximum absolute atomic E-state index is 6.28. The molecule has 0 bridgehead atoms. The average molecular weight is 431 g/mol. The highest BCUT2D eigenvalue weighted by molar-refractivity contribution is 7.14. The summed E-state index contributed by atoms with van der Waals surface area (Å²) in [5.74, 6) is 0. The van der Waals surface area contributed by atoms with Gasteiger partial charge in [0.1, 0.15) is 0 Å². The average Bonchev–Trinajstić information content (AvgIpc) is 3.33. The Kier molecular flexibility index (Phi) is 5.50. The number of hydrogen-bond donors (Lipinski definition) is 0. The number of nitrogens with zero attached hydrogens (tertiary/aromatic N) is 4. The van der Waals surface area contributed by atoms with Crippen molar-refractivity contribution in [3.63, 3.8) is 0 Å². The molecule has 0 aliphatic rings. The molecule has 4 rings (SSSR count). The van der Waals surface area contributed by atoms with Gasteiger partial charge in [0.05, 0.1) is 27.5 Å². The number of aromatic nitrogens is 2. The van der Waals surface area contributed by atoms with E-state index < -0.39 is 0 Å². The molecular formula is C19H12Cl2N4S2. The van der Waals surface area contributed by atoms with Gasteiger partial charge in [0.15, 0.2) is 0 Å². The zero-order chi connectivity index (χ0) is 18.6. The summed E-state index contributed by atoms with van der Waals surface area (Å²) >= 11 is 15.4. The van der Waals surface area contributed by atoms with Crippen molar-refractivity contribution in [2.75, 3.05) is 0 Å². The van der Waals surface area contributed by atoms with Crippen molar-refractivity contribution in [2.24, 2.45) is 10.1 Å². The maximum Gasteiger partial charge on any atom is 0.211 e. The largest absolute Gasteiger partial charge is 0.264 e. The molecule has 8 heteroatoms. The van der Waals surface area contributed by atoms with Crippen LogP contribution in [0.3, 0.4) is 0 Å². The first-order valence-corrected chi connectivity index (χ1v) is 10.4. The monoisotopic (exact) mass is 430 g/mol. The van der Waals surface area contributed by atoms with E-state index in [0.29, 0.717) is 20.5 Å². The Balaban J connectivity index is 1.84. The van der Waals surface area contributed by atoms with Gasteiger partial charge >= 0.3 is 0 Å². The molecule has 0 saturated carbocycles. The first-order valence-electron chi connectivity index (χ1n) is 7.89. The third kappa shape index (κ3) is 4.20. The van der Waals surface area contributed by atoms with Crippen LogP contribution in [0.1, 0.15) is 5.56 Å². The number of halogens is 2. The first-order chi connectivity index (χ1) is 13.2. The lowest BCUT2D eigenvalue weighted by Crippen LogP contribution is -2.11. The molecule has 0 amide bonds. The third-order valence-corrected chi connectivity index (χ3v) is 5.84. The molecule has 0 saturated heterocycles. The number of pyridine rings is 1. The summed E-state index contributed by atoms with van der Waals surface area (Å²) in [4.78, 5) is 10.6. The van der Waals surface area contributed by atoms with Gasteiger partial charge in [-0.05, 0) is 35.7 Å². The van der Waals surface area contributed by atoms with Crippen molar-refractivity contribution >= 4 is 57.8 Å². The summed E-state index contributed by atoms with van der Waals surface area (Å²) in [5.41, 5.74) is 2.52. The molecule has 0 atom stereocenters. The van der Waals surface area contributed by atoms with E-state index in [4.69, 9.17) is 28.2 Å². The molecule has 0 radical (unpaired) electrons. The van der Waals surface area contributed by atoms with Crippen LogP contribution >= 0.6 is 45.9 Å². The summed E-state index contributed by atoms with van der Waals surface area (Å²) in [5, 5.41) is 9.79. The van der Waals surface area contributed by atoms with E-state index in [1.165, 1.54) is 11.3 Å². The second-order valence-corrected chi connectivity index (χ2v) is 8.06. The van der Waals surface area contributed by atoms with Gasteiger partial charge in [-0.3, -0.25) is 4.98 Å². The Hall–Kier alpha value is -2.25. The Morgan fingerprint density at radius 2 is 2.00 bits per heavy atom. The molecule has 3 heterocycles. The highest BCUT2D eigenvalue weighted by Gasteiger charge is 2.09. The molecule has 0 aliphatic carbocycles. The zero-order valence-electron chi connectivity index (χ0n) is 13.8. The standard InChI is InChI=1S/C19H12Cl2N4S2/c20-14-5-6-16(15(21)9-14)24-19-25(23-11-13-3-1-7-22-10-13)17(12-27-19)18-4-2-8-26-18/h1-12H. The molecule has 0 fully saturated rings. The van der Waals surface area contributed by atoms with E-state index in [-0.39, 0.29) is 0 Å². The van der Waals surface area contributed by atoms with Crippen LogP contribution in [0.5, 0.6) is 0 Å². The van der Waals surface area contributed by atoms with Crippen molar-refractivity contribution < 1.29 is 0 Å². The lowest BCUT2D eigenvalue weighted by Gasteiger charge is -2.02. The molecule has 0 N–H and O–H groups in total. The second kappa shape index (κ2) is 8.19. The minimum Gasteiger partial charge on any atom is -0.264 e. The van der Waals surface area contributed by atoms with Crippen LogP contribution in [0.2, 0.25) is 10.0 Å². The third-order valence-electron chi connectivity index (χ3n) is 3.59. The SMILES string of the molecule is Clc1ccc(N=c2scc(-c3cccs3)n2N=Cc2cccnc2)c(Cl)c1. The predicted octanol–water partition coefficient (Wildman–Crippen LogP) is 6.09. The fourth-order valence-corrected chi connectivity index (χ4v) is 4.43. The van der Waals surface area contributed by atoms with Crippen LogP contribution in [-0.4, -0.2) is 15.9 Å². The second-order valence-electron chi connectivity index (χ2n) is 5.43. The Morgan fingerprint density at radius 3 is 2.74 bits per heavy atom. The number of thiazole rings is 1. The molecule has 1 aromatic carbocycles. The zero-order valence-corrected chi connectivity index (χ0v) is 16.9. The van der Waals surface area contributed by atoms with Gasteiger partial charge in [-0.1, -0.05) is 35.3 Å². The van der Waals surface area contributed by atoms with Gasteiger partial charge in [-0.25, -0.2) is 9.67 Å². The van der Waals surface area contributed by atoms with Crippen molar-refractivity contribution in [3.8, 4) is 10.6 Å². The Labute approximate surface area is 173 Å². The van der Waals surface area contributed by atoms with Crippen molar-refractivity contribution in [3.05, 3.63) is 86.0 Å². The summed E-state index contributed by atoms with van der Waals surface area (Å²) < 4.78 is 1.81. The molecule has 4 aromatic rings. The van der Waals surface area contributed by atoms with Crippen LogP contribution in [-0.2, 0) is 0 Å². The highest BCUT2D eigenvalue weighted by Crippen LogP contribution is 2.29. The molecule has 0 unspecified atom stereocenters. The van der Waals surface area contributed by atoms with Crippen LogP contribution in [0.4, 0.5) is 5.69 Å². The molecule has 0 aliphatic heterocycles. The number of rotatable bonds is 4.